The minimum Gasteiger partial charge on any atom is -0.397 e. The van der Waals surface area contributed by atoms with Crippen LogP contribution < -0.4 is 15.5 Å². The molecule has 9 nitrogen and oxygen atoms in total. The number of likely N-dealkylation sites (N-methyl/N-ethyl adjacent to an activating group) is 2. The van der Waals surface area contributed by atoms with Gasteiger partial charge in [-0.3, -0.25) is 5.10 Å². The first kappa shape index (κ1) is 36.8. The molecule has 0 atom stereocenters. The van der Waals surface area contributed by atoms with Gasteiger partial charge in [0.15, 0.2) is 9.84 Å². The van der Waals surface area contributed by atoms with Crippen LogP contribution in [0.5, 0.6) is 0 Å². The van der Waals surface area contributed by atoms with Gasteiger partial charge in [-0.25, -0.2) is 17.2 Å². The maximum absolute atomic E-state index is 13.1. The summed E-state index contributed by atoms with van der Waals surface area (Å²) in [7, 11) is 0.536. The summed E-state index contributed by atoms with van der Waals surface area (Å²) in [4.78, 5) is 9.06. The first-order valence-electron chi connectivity index (χ1n) is 16.7. The van der Waals surface area contributed by atoms with Crippen LogP contribution in [0, 0.1) is 11.6 Å². The quantitative estimate of drug-likeness (QED) is 0.144. The average molecular weight is 757 g/mol. The zero-order chi connectivity index (χ0) is 36.3. The van der Waals surface area contributed by atoms with Gasteiger partial charge in [0, 0.05) is 79.9 Å². The van der Waals surface area contributed by atoms with E-state index in [2.05, 4.69) is 43.9 Å². The van der Waals surface area contributed by atoms with Crippen LogP contribution in [-0.2, 0) is 22.0 Å². The van der Waals surface area contributed by atoms with Gasteiger partial charge in [-0.1, -0.05) is 35.3 Å². The van der Waals surface area contributed by atoms with E-state index < -0.39 is 15.7 Å². The van der Waals surface area contributed by atoms with Crippen molar-refractivity contribution in [2.45, 2.75) is 17.1 Å². The minimum absolute atomic E-state index is 0.0550. The molecule has 5 aromatic rings. The number of hydrogen-bond acceptors (Lipinski definition) is 8. The predicted octanol–water partition coefficient (Wildman–Crippen LogP) is 6.49. The van der Waals surface area contributed by atoms with E-state index in [1.165, 1.54) is 24.3 Å². The molecule has 1 aromatic heterocycles. The van der Waals surface area contributed by atoms with Gasteiger partial charge >= 0.3 is 0 Å². The summed E-state index contributed by atoms with van der Waals surface area (Å²) in [5.41, 5.74) is 12.0. The standard InChI is InChI=1S/C19H20ClFN4.C18H21ClFN3O2S/c1-24-6-8-25(9-7-24)18-12-14(20)11-16-17(22-23-19(16)18)10-13-2-4-15(21)5-3-13;1-22-6-8-23(9-7-22)17-11-14(19)10-13(18(17)21)12-26(24,25)16-4-2-15(20)3-5-16/h2-5,11-12H,6-10H2,1H3,(H,22,23);2-5,10-11H,6-9,12,21H2,1H3. The molecule has 3 heterocycles. The predicted molar refractivity (Wildman–Crippen MR) is 203 cm³/mol. The van der Waals surface area contributed by atoms with Crippen LogP contribution in [0.2, 0.25) is 10.0 Å². The van der Waals surface area contributed by atoms with E-state index in [4.69, 9.17) is 28.9 Å². The van der Waals surface area contributed by atoms with Crippen LogP contribution in [0.3, 0.4) is 0 Å². The van der Waals surface area contributed by atoms with E-state index in [9.17, 15) is 17.2 Å². The van der Waals surface area contributed by atoms with Crippen LogP contribution in [0.25, 0.3) is 10.9 Å². The second-order valence-electron chi connectivity index (χ2n) is 13.1. The SMILES string of the molecule is CN1CCN(c2cc(Cl)cc(CS(=O)(=O)c3ccc(F)cc3)c2N)CC1.CN1CCN(c2cc(Cl)cc3c(Cc4ccc(F)cc4)[nH]nc23)CC1. The summed E-state index contributed by atoms with van der Waals surface area (Å²) in [6.07, 6.45) is 0.666. The number of anilines is 3. The maximum Gasteiger partial charge on any atom is 0.182 e. The first-order chi connectivity index (χ1) is 24.4. The number of nitrogen functional groups attached to an aromatic ring is 1. The summed E-state index contributed by atoms with van der Waals surface area (Å²) < 4.78 is 51.5. The Labute approximate surface area is 307 Å². The molecule has 51 heavy (non-hydrogen) atoms. The number of piperazine rings is 2. The van der Waals surface area contributed by atoms with Crippen molar-refractivity contribution in [3.63, 3.8) is 0 Å². The molecule has 0 saturated carbocycles. The first-order valence-corrected chi connectivity index (χ1v) is 19.1. The Morgan fingerprint density at radius 2 is 1.25 bits per heavy atom. The number of nitrogens with zero attached hydrogens (tertiary/aromatic N) is 5. The van der Waals surface area contributed by atoms with Crippen molar-refractivity contribution in [2.24, 2.45) is 0 Å². The molecular weight excluding hydrogens is 715 g/mol. The zero-order valence-corrected chi connectivity index (χ0v) is 30.9. The summed E-state index contributed by atoms with van der Waals surface area (Å²) in [5.74, 6) is -0.992. The number of hydrogen-bond donors (Lipinski definition) is 2. The normalized spacial score (nSPS) is 16.0. The van der Waals surface area contributed by atoms with Crippen molar-refractivity contribution in [3.05, 3.63) is 111 Å². The Bertz CT molecular complexity index is 2080. The highest BCUT2D eigenvalue weighted by Crippen LogP contribution is 2.35. The van der Waals surface area contributed by atoms with Crippen molar-refractivity contribution < 1.29 is 17.2 Å². The molecule has 0 aliphatic carbocycles. The van der Waals surface area contributed by atoms with E-state index in [0.717, 1.165) is 98.0 Å². The molecule has 0 spiro atoms. The van der Waals surface area contributed by atoms with Crippen molar-refractivity contribution in [1.29, 1.82) is 0 Å². The highest BCUT2D eigenvalue weighted by atomic mass is 35.5. The number of fused-ring (bicyclic) bond motifs is 1. The monoisotopic (exact) mass is 755 g/mol. The Hall–Kier alpha value is -3.94. The Balaban J connectivity index is 0.000000176. The second kappa shape index (κ2) is 15.7. The molecule has 0 amide bonds. The number of H-pyrrole nitrogens is 1. The highest BCUT2D eigenvalue weighted by molar-refractivity contribution is 7.90. The molecule has 270 valence electrons. The number of sulfone groups is 1. The van der Waals surface area contributed by atoms with E-state index in [-0.39, 0.29) is 16.5 Å². The molecule has 0 radical (unpaired) electrons. The number of rotatable bonds is 7. The molecule has 14 heteroatoms. The maximum atomic E-state index is 13.1. The van der Waals surface area contributed by atoms with Crippen molar-refractivity contribution in [3.8, 4) is 0 Å². The van der Waals surface area contributed by atoms with Crippen LogP contribution in [0.15, 0.2) is 77.7 Å². The third-order valence-corrected chi connectivity index (χ3v) is 11.5. The summed E-state index contributed by atoms with van der Waals surface area (Å²) >= 11 is 12.6. The topological polar surface area (TPSA) is 102 Å². The van der Waals surface area contributed by atoms with Gasteiger partial charge in [0.05, 0.1) is 27.7 Å². The van der Waals surface area contributed by atoms with Crippen molar-refractivity contribution >= 4 is 61.0 Å². The number of nitrogens with one attached hydrogen (secondary N) is 1. The number of halogens is 4. The second-order valence-corrected chi connectivity index (χ2v) is 16.0. The molecule has 7 rings (SSSR count). The van der Waals surface area contributed by atoms with Crippen LogP contribution in [-0.4, -0.2) is 94.9 Å². The number of aromatic nitrogens is 2. The molecule has 2 saturated heterocycles. The lowest BCUT2D eigenvalue weighted by Crippen LogP contribution is -2.44. The molecule has 2 fully saturated rings. The zero-order valence-electron chi connectivity index (χ0n) is 28.5. The lowest BCUT2D eigenvalue weighted by molar-refractivity contribution is 0.313. The molecule has 0 bridgehead atoms. The number of nitrogens with two attached hydrogens (primary N) is 1. The Kier molecular flexibility index (Phi) is 11.4. The van der Waals surface area contributed by atoms with Crippen LogP contribution >= 0.6 is 23.2 Å². The number of benzene rings is 4. The molecule has 0 unspecified atom stereocenters. The highest BCUT2D eigenvalue weighted by Gasteiger charge is 2.23. The van der Waals surface area contributed by atoms with Crippen LogP contribution in [0.1, 0.15) is 16.8 Å². The summed E-state index contributed by atoms with van der Waals surface area (Å²) in [6, 6.07) is 18.6. The Morgan fingerprint density at radius 3 is 1.84 bits per heavy atom. The molecule has 2 aliphatic rings. The molecule has 2 aliphatic heterocycles. The lowest BCUT2D eigenvalue weighted by atomic mass is 10.1. The van der Waals surface area contributed by atoms with E-state index >= 15 is 0 Å². The van der Waals surface area contributed by atoms with Crippen molar-refractivity contribution in [1.82, 2.24) is 20.0 Å². The van der Waals surface area contributed by atoms with Gasteiger partial charge in [0.25, 0.3) is 0 Å². The third kappa shape index (κ3) is 8.93. The average Bonchev–Trinajstić information content (AvgIpc) is 3.50. The van der Waals surface area contributed by atoms with E-state index in [1.54, 1.807) is 24.3 Å². The largest absolute Gasteiger partial charge is 0.397 e. The smallest absolute Gasteiger partial charge is 0.182 e. The van der Waals surface area contributed by atoms with Crippen LogP contribution in [0.4, 0.5) is 25.8 Å². The number of aromatic amines is 1. The molecule has 3 N–H and O–H groups in total. The minimum atomic E-state index is -3.66. The van der Waals surface area contributed by atoms with Gasteiger partial charge < -0.3 is 25.3 Å². The van der Waals surface area contributed by atoms with Crippen molar-refractivity contribution in [2.75, 3.05) is 82.0 Å². The van der Waals surface area contributed by atoms with E-state index in [0.29, 0.717) is 27.7 Å². The summed E-state index contributed by atoms with van der Waals surface area (Å²) in [5, 5.41) is 9.89. The fourth-order valence-corrected chi connectivity index (χ4v) is 8.18. The summed E-state index contributed by atoms with van der Waals surface area (Å²) in [6.45, 7) is 7.38. The lowest BCUT2D eigenvalue weighted by Gasteiger charge is -2.35. The van der Waals surface area contributed by atoms with E-state index in [1.807, 2.05) is 12.1 Å². The van der Waals surface area contributed by atoms with Gasteiger partial charge in [0.2, 0.25) is 0 Å². The molecular formula is C37H41Cl2F2N7O2S. The fraction of sp³-hybridized carbons (Fsp3) is 0.324. The molecule has 4 aromatic carbocycles. The van der Waals surface area contributed by atoms with Gasteiger partial charge in [-0.2, -0.15) is 5.10 Å². The van der Waals surface area contributed by atoms with Gasteiger partial charge in [0.1, 0.15) is 17.2 Å². The third-order valence-electron chi connectivity index (χ3n) is 9.39. The van der Waals surface area contributed by atoms with Gasteiger partial charge in [-0.15, -0.1) is 0 Å². The fourth-order valence-electron chi connectivity index (χ4n) is 6.36. The van der Waals surface area contributed by atoms with Gasteiger partial charge in [-0.05, 0) is 85.9 Å². The Morgan fingerprint density at radius 1 is 0.745 bits per heavy atom.